The largest absolute Gasteiger partial charge is 0.398 e. The number of ether oxygens (including phenoxy) is 1. The van der Waals surface area contributed by atoms with Crippen molar-refractivity contribution < 1.29 is 13.2 Å². The number of methoxy groups -OCH3 is 1. The third-order valence-corrected chi connectivity index (χ3v) is 4.95. The molecule has 0 heterocycles. The molecule has 1 unspecified atom stereocenters. The second-order valence-electron chi connectivity index (χ2n) is 5.05. The molecule has 0 radical (unpaired) electrons. The van der Waals surface area contributed by atoms with Gasteiger partial charge >= 0.3 is 0 Å². The van der Waals surface area contributed by atoms with Crippen LogP contribution in [0.25, 0.3) is 0 Å². The molecule has 3 N–H and O–H groups in total. The van der Waals surface area contributed by atoms with Crippen molar-refractivity contribution in [2.24, 2.45) is 5.92 Å². The third kappa shape index (κ3) is 4.09. The Hall–Kier alpha value is -0.820. The molecule has 0 saturated carbocycles. The van der Waals surface area contributed by atoms with E-state index in [4.69, 9.17) is 22.1 Å². The molecule has 114 valence electrons. The molecular formula is C13H21ClN2O3S. The van der Waals surface area contributed by atoms with Crippen LogP contribution in [-0.4, -0.2) is 28.2 Å². The lowest BCUT2D eigenvalue weighted by Crippen LogP contribution is -2.41. The lowest BCUT2D eigenvalue weighted by molar-refractivity contribution is 0.157. The number of nitrogen functional groups attached to an aromatic ring is 1. The highest BCUT2D eigenvalue weighted by atomic mass is 35.5. The minimum atomic E-state index is -3.70. The van der Waals surface area contributed by atoms with Crippen molar-refractivity contribution in [1.29, 1.82) is 0 Å². The van der Waals surface area contributed by atoms with Gasteiger partial charge in [-0.2, -0.15) is 0 Å². The Morgan fingerprint density at radius 2 is 2.00 bits per heavy atom. The highest BCUT2D eigenvalue weighted by Gasteiger charge is 2.25. The Kier molecular flexibility index (Phi) is 5.82. The van der Waals surface area contributed by atoms with Gasteiger partial charge < -0.3 is 10.5 Å². The van der Waals surface area contributed by atoms with Gasteiger partial charge in [-0.25, -0.2) is 13.1 Å². The number of hydrogen-bond donors (Lipinski definition) is 2. The fourth-order valence-electron chi connectivity index (χ4n) is 1.76. The van der Waals surface area contributed by atoms with Crippen molar-refractivity contribution in [3.63, 3.8) is 0 Å². The number of rotatable bonds is 6. The van der Waals surface area contributed by atoms with Crippen LogP contribution >= 0.6 is 11.6 Å². The van der Waals surface area contributed by atoms with E-state index in [2.05, 4.69) is 4.72 Å². The van der Waals surface area contributed by atoms with Crippen molar-refractivity contribution in [2.45, 2.75) is 31.7 Å². The van der Waals surface area contributed by atoms with E-state index in [9.17, 15) is 8.42 Å². The number of nitrogens with two attached hydrogens (primary N) is 1. The van der Waals surface area contributed by atoms with Crippen LogP contribution < -0.4 is 10.5 Å². The van der Waals surface area contributed by atoms with Crippen molar-refractivity contribution in [1.82, 2.24) is 4.72 Å². The van der Waals surface area contributed by atoms with E-state index in [1.807, 2.05) is 13.8 Å². The van der Waals surface area contributed by atoms with Gasteiger partial charge in [0.05, 0.1) is 11.5 Å². The SMILES string of the molecule is COCC(NS(=O)(=O)c1cc(Cl)cc(N)c1C)C(C)C. The Bertz CT molecular complexity index is 573. The number of halogens is 1. The lowest BCUT2D eigenvalue weighted by Gasteiger charge is -2.22. The first kappa shape index (κ1) is 17.2. The molecule has 7 heteroatoms. The molecule has 0 aliphatic rings. The van der Waals surface area contributed by atoms with Crippen molar-refractivity contribution in [3.8, 4) is 0 Å². The van der Waals surface area contributed by atoms with Crippen molar-refractivity contribution >= 4 is 27.3 Å². The van der Waals surface area contributed by atoms with Crippen LogP contribution in [0.4, 0.5) is 5.69 Å². The maximum Gasteiger partial charge on any atom is 0.241 e. The quantitative estimate of drug-likeness (QED) is 0.787. The summed E-state index contributed by atoms with van der Waals surface area (Å²) >= 11 is 5.89. The molecule has 0 fully saturated rings. The van der Waals surface area contributed by atoms with Crippen LogP contribution in [0.3, 0.4) is 0 Å². The minimum Gasteiger partial charge on any atom is -0.398 e. The van der Waals surface area contributed by atoms with Gasteiger partial charge in [0.25, 0.3) is 0 Å². The van der Waals surface area contributed by atoms with Crippen LogP contribution in [0.5, 0.6) is 0 Å². The van der Waals surface area contributed by atoms with E-state index in [-0.39, 0.29) is 16.9 Å². The van der Waals surface area contributed by atoms with E-state index < -0.39 is 10.0 Å². The molecule has 0 spiro atoms. The second-order valence-corrected chi connectivity index (χ2v) is 7.16. The van der Waals surface area contributed by atoms with Gasteiger partial charge in [0.1, 0.15) is 0 Å². The second kappa shape index (κ2) is 6.76. The van der Waals surface area contributed by atoms with Gasteiger partial charge in [-0.15, -0.1) is 0 Å². The molecule has 0 aromatic heterocycles. The van der Waals surface area contributed by atoms with E-state index in [1.54, 1.807) is 6.92 Å². The molecule has 0 saturated heterocycles. The summed E-state index contributed by atoms with van der Waals surface area (Å²) in [6.07, 6.45) is 0. The summed E-state index contributed by atoms with van der Waals surface area (Å²) < 4.78 is 32.6. The van der Waals surface area contributed by atoms with Gasteiger partial charge in [-0.1, -0.05) is 25.4 Å². The Morgan fingerprint density at radius 3 is 2.50 bits per heavy atom. The molecular weight excluding hydrogens is 300 g/mol. The topological polar surface area (TPSA) is 81.4 Å². The summed E-state index contributed by atoms with van der Waals surface area (Å²) in [5.74, 6) is 0.0987. The zero-order chi connectivity index (χ0) is 15.5. The maximum atomic E-state index is 12.5. The smallest absolute Gasteiger partial charge is 0.241 e. The summed E-state index contributed by atoms with van der Waals surface area (Å²) in [6.45, 7) is 5.80. The fraction of sp³-hybridized carbons (Fsp3) is 0.538. The normalized spacial score (nSPS) is 13.7. The van der Waals surface area contributed by atoms with Gasteiger partial charge in [-0.05, 0) is 30.5 Å². The molecule has 1 rings (SSSR count). The Labute approximate surface area is 125 Å². The van der Waals surface area contributed by atoms with Crippen LogP contribution in [0, 0.1) is 12.8 Å². The number of sulfonamides is 1. The molecule has 0 amide bonds. The predicted molar refractivity (Wildman–Crippen MR) is 81.4 cm³/mol. The van der Waals surface area contributed by atoms with Crippen LogP contribution in [0.2, 0.25) is 5.02 Å². The Morgan fingerprint density at radius 1 is 1.40 bits per heavy atom. The molecule has 5 nitrogen and oxygen atoms in total. The molecule has 0 aliphatic carbocycles. The van der Waals surface area contributed by atoms with Crippen LogP contribution in [0.15, 0.2) is 17.0 Å². The molecule has 20 heavy (non-hydrogen) atoms. The minimum absolute atomic E-state index is 0.0987. The summed E-state index contributed by atoms with van der Waals surface area (Å²) in [5.41, 5.74) is 6.61. The summed E-state index contributed by atoms with van der Waals surface area (Å²) in [5, 5.41) is 0.293. The average molecular weight is 321 g/mol. The first-order valence-corrected chi connectivity index (χ1v) is 8.12. The molecule has 0 bridgehead atoms. The predicted octanol–water partition coefficient (Wildman–Crippen LogP) is 2.18. The number of anilines is 1. The van der Waals surface area contributed by atoms with Gasteiger partial charge in [-0.3, -0.25) is 0 Å². The lowest BCUT2D eigenvalue weighted by atomic mass is 10.1. The summed E-state index contributed by atoms with van der Waals surface area (Å²) in [7, 11) is -2.16. The standard InChI is InChI=1S/C13H21ClN2O3S/c1-8(2)12(7-19-4)16-20(17,18)13-6-10(14)5-11(15)9(13)3/h5-6,8,12,16H,7,15H2,1-4H3. The van der Waals surface area contributed by atoms with Gasteiger partial charge in [0, 0.05) is 23.9 Å². The van der Waals surface area contributed by atoms with E-state index >= 15 is 0 Å². The van der Waals surface area contributed by atoms with Crippen molar-refractivity contribution in [2.75, 3.05) is 19.5 Å². The van der Waals surface area contributed by atoms with Gasteiger partial charge in [0.15, 0.2) is 0 Å². The molecule has 1 aromatic rings. The summed E-state index contributed by atoms with van der Waals surface area (Å²) in [4.78, 5) is 0.101. The first-order valence-electron chi connectivity index (χ1n) is 6.26. The Balaban J connectivity index is 3.17. The highest BCUT2D eigenvalue weighted by molar-refractivity contribution is 7.89. The van der Waals surface area contributed by atoms with E-state index in [0.717, 1.165) is 0 Å². The molecule has 0 aliphatic heterocycles. The zero-order valence-electron chi connectivity index (χ0n) is 12.1. The number of hydrogen-bond acceptors (Lipinski definition) is 4. The van der Waals surface area contributed by atoms with Gasteiger partial charge in [0.2, 0.25) is 10.0 Å². The van der Waals surface area contributed by atoms with E-state index in [1.165, 1.54) is 19.2 Å². The molecule has 1 atom stereocenters. The van der Waals surface area contributed by atoms with Crippen LogP contribution in [-0.2, 0) is 14.8 Å². The molecule has 1 aromatic carbocycles. The summed E-state index contributed by atoms with van der Waals surface area (Å²) in [6, 6.07) is 2.62. The zero-order valence-corrected chi connectivity index (χ0v) is 13.7. The third-order valence-electron chi connectivity index (χ3n) is 3.11. The van der Waals surface area contributed by atoms with Crippen LogP contribution in [0.1, 0.15) is 19.4 Å². The number of nitrogens with one attached hydrogen (secondary N) is 1. The maximum absolute atomic E-state index is 12.5. The van der Waals surface area contributed by atoms with Crippen molar-refractivity contribution in [3.05, 3.63) is 22.7 Å². The monoisotopic (exact) mass is 320 g/mol. The highest BCUT2D eigenvalue weighted by Crippen LogP contribution is 2.26. The average Bonchev–Trinajstić information content (AvgIpc) is 2.32. The number of benzene rings is 1. The first-order chi connectivity index (χ1) is 9.19. The fourth-order valence-corrected chi connectivity index (χ4v) is 3.72. The van der Waals surface area contributed by atoms with E-state index in [0.29, 0.717) is 22.9 Å².